The standard InChI is InChI=1S/C3H9OP.C2H8NOP.CH4/c2*1-5(2,3)4;/h1-3H3;1-2H3,(H2,3,4);1H4. The van der Waals surface area contributed by atoms with Crippen molar-refractivity contribution in [2.45, 2.75) is 7.43 Å². The highest BCUT2D eigenvalue weighted by Crippen LogP contribution is 2.28. The molecule has 3 nitrogen and oxygen atoms in total. The molecule has 0 fully saturated rings. The first-order chi connectivity index (χ1) is 4.00. The van der Waals surface area contributed by atoms with Crippen molar-refractivity contribution in [1.29, 1.82) is 0 Å². The van der Waals surface area contributed by atoms with Crippen molar-refractivity contribution in [3.8, 4) is 0 Å². The molecule has 0 aromatic rings. The summed E-state index contributed by atoms with van der Waals surface area (Å²) in [4.78, 5) is 0. The Morgan fingerprint density at radius 1 is 0.909 bits per heavy atom. The van der Waals surface area contributed by atoms with Crippen LogP contribution in [0.25, 0.3) is 0 Å². The number of nitrogens with two attached hydrogens (primary N) is 1. The topological polar surface area (TPSA) is 60.2 Å². The van der Waals surface area contributed by atoms with E-state index in [1.807, 2.05) is 0 Å². The zero-order chi connectivity index (χ0) is 9.00. The molecule has 0 heterocycles. The third kappa shape index (κ3) is 4190. The van der Waals surface area contributed by atoms with E-state index >= 15 is 0 Å². The molecule has 0 aliphatic heterocycles. The summed E-state index contributed by atoms with van der Waals surface area (Å²) in [6.07, 6.45) is 0. The molecule has 11 heavy (non-hydrogen) atoms. The zero-order valence-electron chi connectivity index (χ0n) is 7.29. The fourth-order valence-corrected chi connectivity index (χ4v) is 0. The van der Waals surface area contributed by atoms with Gasteiger partial charge >= 0.3 is 0 Å². The van der Waals surface area contributed by atoms with E-state index in [9.17, 15) is 9.13 Å². The van der Waals surface area contributed by atoms with Crippen LogP contribution < -0.4 is 5.50 Å². The van der Waals surface area contributed by atoms with E-state index in [0.29, 0.717) is 0 Å². The summed E-state index contributed by atoms with van der Waals surface area (Å²) in [7, 11) is -3.78. The Labute approximate surface area is 70.6 Å². The molecular formula is C6H21NO2P2. The third-order valence-electron chi connectivity index (χ3n) is 0. The fourth-order valence-electron chi connectivity index (χ4n) is 0. The van der Waals surface area contributed by atoms with E-state index < -0.39 is 14.4 Å². The molecule has 72 valence electrons. The first-order valence-electron chi connectivity index (χ1n) is 2.86. The molecule has 0 bridgehead atoms. The molecule has 0 amide bonds. The van der Waals surface area contributed by atoms with E-state index in [0.717, 1.165) is 0 Å². The summed E-state index contributed by atoms with van der Waals surface area (Å²) in [5, 5.41) is 0. The lowest BCUT2D eigenvalue weighted by atomic mass is 11.9. The lowest BCUT2D eigenvalue weighted by molar-refractivity contribution is 0.583. The van der Waals surface area contributed by atoms with Gasteiger partial charge in [0.05, 0.1) is 7.14 Å². The highest BCUT2D eigenvalue weighted by molar-refractivity contribution is 7.61. The van der Waals surface area contributed by atoms with Gasteiger partial charge in [-0.2, -0.15) is 0 Å². The van der Waals surface area contributed by atoms with E-state index in [2.05, 4.69) is 0 Å². The minimum atomic E-state index is -2.14. The summed E-state index contributed by atoms with van der Waals surface area (Å²) in [5.74, 6) is 0. The molecule has 0 spiro atoms. The number of hydrogen-bond donors (Lipinski definition) is 1. The van der Waals surface area contributed by atoms with Crippen LogP contribution in [0.15, 0.2) is 0 Å². The molecule has 0 saturated heterocycles. The zero-order valence-corrected chi connectivity index (χ0v) is 9.08. The van der Waals surface area contributed by atoms with E-state index in [1.165, 1.54) is 13.3 Å². The average Bonchev–Trinajstić information content (AvgIpc) is 1.12. The van der Waals surface area contributed by atoms with Crippen molar-refractivity contribution in [2.75, 3.05) is 33.3 Å². The van der Waals surface area contributed by atoms with Crippen LogP contribution in [0.2, 0.25) is 0 Å². The molecule has 0 saturated carbocycles. The van der Waals surface area contributed by atoms with Gasteiger partial charge in [0.1, 0.15) is 7.29 Å². The van der Waals surface area contributed by atoms with Gasteiger partial charge < -0.3 is 9.13 Å². The average molecular weight is 201 g/mol. The van der Waals surface area contributed by atoms with Gasteiger partial charge in [-0.1, -0.05) is 7.43 Å². The first-order valence-corrected chi connectivity index (χ1v) is 8.58. The van der Waals surface area contributed by atoms with Crippen molar-refractivity contribution in [2.24, 2.45) is 5.50 Å². The second kappa shape index (κ2) is 5.99. The van der Waals surface area contributed by atoms with Crippen molar-refractivity contribution in [3.05, 3.63) is 0 Å². The maximum atomic E-state index is 10.2. The van der Waals surface area contributed by atoms with Crippen molar-refractivity contribution >= 4 is 14.4 Å². The Balaban J connectivity index is -0.000000107. The molecule has 5 heteroatoms. The number of rotatable bonds is 0. The van der Waals surface area contributed by atoms with Gasteiger partial charge in [-0.25, -0.2) is 0 Å². The van der Waals surface area contributed by atoms with Crippen molar-refractivity contribution < 1.29 is 9.13 Å². The normalized spacial score (nSPS) is 10.7. The fraction of sp³-hybridized carbons (Fsp3) is 1.00. The maximum absolute atomic E-state index is 10.2. The molecular weight excluding hydrogens is 180 g/mol. The van der Waals surface area contributed by atoms with Crippen LogP contribution in [0.5, 0.6) is 0 Å². The minimum Gasteiger partial charge on any atom is -0.324 e. The molecule has 0 aliphatic carbocycles. The van der Waals surface area contributed by atoms with Crippen molar-refractivity contribution in [1.82, 2.24) is 0 Å². The third-order valence-corrected chi connectivity index (χ3v) is 0. The Morgan fingerprint density at radius 2 is 0.909 bits per heavy atom. The summed E-state index contributed by atoms with van der Waals surface area (Å²) in [6.45, 7) is 8.27. The van der Waals surface area contributed by atoms with Gasteiger partial charge in [-0.15, -0.1) is 0 Å². The Kier molecular flexibility index (Phi) is 9.53. The Bertz CT molecular complexity index is 131. The SMILES string of the molecule is C.CP(C)(C)=O.CP(C)(N)=O. The Hall–Kier alpha value is 0.420. The van der Waals surface area contributed by atoms with Gasteiger partial charge in [0.25, 0.3) is 0 Å². The highest BCUT2D eigenvalue weighted by Gasteiger charge is 1.89. The second-order valence-electron chi connectivity index (χ2n) is 3.32. The summed E-state index contributed by atoms with van der Waals surface area (Å²) in [5.41, 5.74) is 4.91. The first kappa shape index (κ1) is 17.5. The van der Waals surface area contributed by atoms with Crippen LogP contribution in [0.4, 0.5) is 0 Å². The number of hydrogen-bond acceptors (Lipinski definition) is 2. The summed E-state index contributed by atoms with van der Waals surface area (Å²) in [6, 6.07) is 0. The highest BCUT2D eigenvalue weighted by atomic mass is 31.2. The molecule has 0 aromatic carbocycles. The summed E-state index contributed by atoms with van der Waals surface area (Å²) < 4.78 is 20.2. The molecule has 2 N–H and O–H groups in total. The largest absolute Gasteiger partial charge is 0.324 e. The van der Waals surface area contributed by atoms with E-state index in [4.69, 9.17) is 5.50 Å². The van der Waals surface area contributed by atoms with Gasteiger partial charge in [0.2, 0.25) is 0 Å². The predicted octanol–water partition coefficient (Wildman–Crippen LogP) is 2.36. The minimum absolute atomic E-state index is 0. The van der Waals surface area contributed by atoms with Crippen LogP contribution in [0.3, 0.4) is 0 Å². The summed E-state index contributed by atoms with van der Waals surface area (Å²) >= 11 is 0. The lowest BCUT2D eigenvalue weighted by Gasteiger charge is -1.87. The second-order valence-corrected chi connectivity index (χ2v) is 9.97. The van der Waals surface area contributed by atoms with Gasteiger partial charge in [0, 0.05) is 13.3 Å². The molecule has 0 aromatic heterocycles. The monoisotopic (exact) mass is 201 g/mol. The van der Waals surface area contributed by atoms with Gasteiger partial charge in [0.15, 0.2) is 0 Å². The molecule has 0 unspecified atom stereocenters. The predicted molar refractivity (Wildman–Crippen MR) is 55.8 cm³/mol. The smallest absolute Gasteiger partial charge is 0.139 e. The quantitative estimate of drug-likeness (QED) is 0.612. The van der Waals surface area contributed by atoms with Crippen LogP contribution in [0.1, 0.15) is 7.43 Å². The molecule has 0 aliphatic rings. The van der Waals surface area contributed by atoms with E-state index in [1.54, 1.807) is 20.0 Å². The van der Waals surface area contributed by atoms with Crippen LogP contribution in [-0.4, -0.2) is 33.3 Å². The van der Waals surface area contributed by atoms with Crippen LogP contribution in [0, 0.1) is 0 Å². The molecule has 0 rings (SSSR count). The Morgan fingerprint density at radius 3 is 0.909 bits per heavy atom. The maximum Gasteiger partial charge on any atom is 0.139 e. The molecule has 0 atom stereocenters. The van der Waals surface area contributed by atoms with Gasteiger partial charge in [-0.3, -0.25) is 5.50 Å². The van der Waals surface area contributed by atoms with Crippen LogP contribution >= 0.6 is 14.4 Å². The van der Waals surface area contributed by atoms with Crippen LogP contribution in [-0.2, 0) is 9.13 Å². The van der Waals surface area contributed by atoms with E-state index in [-0.39, 0.29) is 7.43 Å². The van der Waals surface area contributed by atoms with Crippen molar-refractivity contribution in [3.63, 3.8) is 0 Å². The molecule has 0 radical (unpaired) electrons. The lowest BCUT2D eigenvalue weighted by Crippen LogP contribution is -1.85. The van der Waals surface area contributed by atoms with Gasteiger partial charge in [-0.05, 0) is 20.0 Å².